The van der Waals surface area contributed by atoms with E-state index < -0.39 is 17.7 Å². The number of para-hydroxylation sites is 1. The number of rotatable bonds is 7. The summed E-state index contributed by atoms with van der Waals surface area (Å²) in [5.74, 6) is -0.0959. The quantitative estimate of drug-likeness (QED) is 0.478. The van der Waals surface area contributed by atoms with Crippen LogP contribution in [-0.4, -0.2) is 35.7 Å². The van der Waals surface area contributed by atoms with Gasteiger partial charge in [0.15, 0.2) is 0 Å². The van der Waals surface area contributed by atoms with Crippen molar-refractivity contribution in [3.8, 4) is 17.2 Å². The summed E-state index contributed by atoms with van der Waals surface area (Å²) >= 11 is 0. The van der Waals surface area contributed by atoms with Crippen molar-refractivity contribution in [2.24, 2.45) is 0 Å². The van der Waals surface area contributed by atoms with Crippen molar-refractivity contribution >= 4 is 11.7 Å². The molecule has 156 valence electrons. The lowest BCUT2D eigenvalue weighted by molar-refractivity contribution is -0.117. The highest BCUT2D eigenvalue weighted by molar-refractivity contribution is 6.43. The van der Waals surface area contributed by atoms with Gasteiger partial charge in [-0.2, -0.15) is 5.10 Å². The van der Waals surface area contributed by atoms with E-state index >= 15 is 0 Å². The molecule has 1 heterocycles. The first-order chi connectivity index (χ1) is 14.4. The lowest BCUT2D eigenvalue weighted by Gasteiger charge is -2.18. The summed E-state index contributed by atoms with van der Waals surface area (Å²) < 4.78 is 12.3. The summed E-state index contributed by atoms with van der Waals surface area (Å²) in [6.07, 6.45) is 0. The topological polar surface area (TPSA) is 82.4 Å². The Morgan fingerprint density at radius 2 is 1.73 bits per heavy atom. The molecule has 0 bridgehead atoms. The smallest absolute Gasteiger partial charge is 0.293 e. The van der Waals surface area contributed by atoms with Crippen molar-refractivity contribution in [1.29, 1.82) is 0 Å². The number of carbonyl (C=O) groups is 2. The number of nitrogens with zero attached hydrogens (tertiary/aromatic N) is 2. The van der Waals surface area contributed by atoms with E-state index in [-0.39, 0.29) is 0 Å². The number of amides is 1. The number of nitrogens with one attached hydrogen (secondary N) is 1. The van der Waals surface area contributed by atoms with Crippen LogP contribution in [-0.2, 0) is 4.79 Å². The molecule has 0 fully saturated rings. The molecule has 1 N–H and O–H groups in total. The predicted molar refractivity (Wildman–Crippen MR) is 113 cm³/mol. The molecule has 0 aliphatic rings. The number of benzene rings is 2. The maximum Gasteiger partial charge on any atom is 0.293 e. The molecule has 0 radical (unpaired) electrons. The van der Waals surface area contributed by atoms with Gasteiger partial charge in [-0.3, -0.25) is 9.59 Å². The number of carbonyl (C=O) groups excluding carboxylic acids is 2. The Balaban J connectivity index is 1.85. The standard InChI is InChI=1S/C23H25N3O4/c1-14(19-13-18(29-4)11-12-20(19)30-5)24-23(28)22(27)21-15(2)25-26(16(21)3)17-9-7-6-8-10-17/h6-14H,1-5H3,(H,24,28)/t14-/m0/s1. The van der Waals surface area contributed by atoms with Crippen LogP contribution >= 0.6 is 0 Å². The fourth-order valence-electron chi connectivity index (χ4n) is 3.42. The third kappa shape index (κ3) is 4.05. The highest BCUT2D eigenvalue weighted by Gasteiger charge is 2.27. The average molecular weight is 407 g/mol. The van der Waals surface area contributed by atoms with Crippen molar-refractivity contribution in [2.75, 3.05) is 14.2 Å². The van der Waals surface area contributed by atoms with Gasteiger partial charge in [0.25, 0.3) is 11.7 Å². The SMILES string of the molecule is COc1ccc(OC)c([C@H](C)NC(=O)C(=O)c2c(C)nn(-c3ccccc3)c2C)c1. The van der Waals surface area contributed by atoms with E-state index in [1.54, 1.807) is 57.9 Å². The van der Waals surface area contributed by atoms with Gasteiger partial charge in [0.1, 0.15) is 11.5 Å². The zero-order valence-electron chi connectivity index (χ0n) is 17.7. The zero-order valence-corrected chi connectivity index (χ0v) is 17.7. The van der Waals surface area contributed by atoms with Crippen LogP contribution in [0.1, 0.15) is 40.3 Å². The maximum atomic E-state index is 13.0. The van der Waals surface area contributed by atoms with Crippen LogP contribution in [0, 0.1) is 13.8 Å². The van der Waals surface area contributed by atoms with Crippen molar-refractivity contribution in [3.63, 3.8) is 0 Å². The van der Waals surface area contributed by atoms with Gasteiger partial charge in [0.05, 0.1) is 42.9 Å². The normalized spacial score (nSPS) is 11.6. The first-order valence-electron chi connectivity index (χ1n) is 9.56. The number of hydrogen-bond acceptors (Lipinski definition) is 5. The summed E-state index contributed by atoms with van der Waals surface area (Å²) in [5.41, 5.74) is 2.97. The first-order valence-corrected chi connectivity index (χ1v) is 9.56. The summed E-state index contributed by atoms with van der Waals surface area (Å²) in [6.45, 7) is 5.29. The van der Waals surface area contributed by atoms with Crippen LogP contribution in [0.25, 0.3) is 5.69 Å². The molecular weight excluding hydrogens is 382 g/mol. The number of hydrogen-bond donors (Lipinski definition) is 1. The van der Waals surface area contributed by atoms with Gasteiger partial charge >= 0.3 is 0 Å². The molecule has 7 heteroatoms. The molecule has 0 spiro atoms. The number of aromatic nitrogens is 2. The number of methoxy groups -OCH3 is 2. The second-order valence-corrected chi connectivity index (χ2v) is 6.93. The van der Waals surface area contributed by atoms with Crippen molar-refractivity contribution < 1.29 is 19.1 Å². The second-order valence-electron chi connectivity index (χ2n) is 6.93. The summed E-state index contributed by atoms with van der Waals surface area (Å²) in [7, 11) is 3.12. The number of ketones is 1. The Morgan fingerprint density at radius 1 is 1.03 bits per heavy atom. The molecule has 0 aliphatic carbocycles. The third-order valence-corrected chi connectivity index (χ3v) is 4.98. The van der Waals surface area contributed by atoms with Gasteiger partial charge in [0, 0.05) is 5.56 Å². The Bertz CT molecular complexity index is 1070. The molecule has 0 saturated carbocycles. The molecule has 30 heavy (non-hydrogen) atoms. The molecule has 7 nitrogen and oxygen atoms in total. The van der Waals surface area contributed by atoms with E-state index in [0.29, 0.717) is 34.0 Å². The van der Waals surface area contributed by atoms with E-state index in [4.69, 9.17) is 9.47 Å². The van der Waals surface area contributed by atoms with E-state index in [1.165, 1.54) is 0 Å². The fraction of sp³-hybridized carbons (Fsp3) is 0.261. The van der Waals surface area contributed by atoms with Crippen molar-refractivity contribution in [2.45, 2.75) is 26.8 Å². The molecule has 3 rings (SSSR count). The van der Waals surface area contributed by atoms with E-state index in [0.717, 1.165) is 5.69 Å². The van der Waals surface area contributed by atoms with E-state index in [1.807, 2.05) is 30.3 Å². The van der Waals surface area contributed by atoms with Crippen LogP contribution in [0.2, 0.25) is 0 Å². The highest BCUT2D eigenvalue weighted by Crippen LogP contribution is 2.29. The average Bonchev–Trinajstić information content (AvgIpc) is 3.06. The minimum Gasteiger partial charge on any atom is -0.497 e. The molecule has 0 unspecified atom stereocenters. The van der Waals surface area contributed by atoms with Gasteiger partial charge in [-0.25, -0.2) is 4.68 Å². The maximum absolute atomic E-state index is 13.0. The van der Waals surface area contributed by atoms with Crippen LogP contribution in [0.5, 0.6) is 11.5 Å². The lowest BCUT2D eigenvalue weighted by atomic mass is 10.0. The monoisotopic (exact) mass is 407 g/mol. The highest BCUT2D eigenvalue weighted by atomic mass is 16.5. The largest absolute Gasteiger partial charge is 0.497 e. The van der Waals surface area contributed by atoms with Crippen molar-refractivity contribution in [1.82, 2.24) is 15.1 Å². The first kappa shape index (κ1) is 21.1. The molecule has 2 aromatic carbocycles. The molecule has 0 aliphatic heterocycles. The molecule has 0 saturated heterocycles. The van der Waals surface area contributed by atoms with Gasteiger partial charge in [-0.15, -0.1) is 0 Å². The molecule has 1 amide bonds. The van der Waals surface area contributed by atoms with E-state index in [9.17, 15) is 9.59 Å². The Kier molecular flexibility index (Phi) is 6.20. The molecule has 3 aromatic rings. The second kappa shape index (κ2) is 8.82. The zero-order chi connectivity index (χ0) is 21.8. The third-order valence-electron chi connectivity index (χ3n) is 4.98. The predicted octanol–water partition coefficient (Wildman–Crippen LogP) is 3.57. The fourth-order valence-corrected chi connectivity index (χ4v) is 3.42. The lowest BCUT2D eigenvalue weighted by Crippen LogP contribution is -2.33. The molecular formula is C23H25N3O4. The summed E-state index contributed by atoms with van der Waals surface area (Å²) in [4.78, 5) is 25.7. The Hall–Kier alpha value is -3.61. The van der Waals surface area contributed by atoms with Gasteiger partial charge < -0.3 is 14.8 Å². The van der Waals surface area contributed by atoms with Gasteiger partial charge in [-0.1, -0.05) is 18.2 Å². The summed E-state index contributed by atoms with van der Waals surface area (Å²) in [6, 6.07) is 14.3. The minimum absolute atomic E-state index is 0.307. The van der Waals surface area contributed by atoms with Crippen LogP contribution in [0.3, 0.4) is 0 Å². The van der Waals surface area contributed by atoms with E-state index in [2.05, 4.69) is 10.4 Å². The van der Waals surface area contributed by atoms with Gasteiger partial charge in [0.2, 0.25) is 0 Å². The molecule has 1 atom stereocenters. The number of ether oxygens (including phenoxy) is 2. The Morgan fingerprint density at radius 3 is 2.37 bits per heavy atom. The van der Waals surface area contributed by atoms with Crippen LogP contribution in [0.4, 0.5) is 0 Å². The van der Waals surface area contributed by atoms with Crippen LogP contribution in [0.15, 0.2) is 48.5 Å². The summed E-state index contributed by atoms with van der Waals surface area (Å²) in [5, 5.41) is 7.21. The van der Waals surface area contributed by atoms with Gasteiger partial charge in [-0.05, 0) is 51.1 Å². The number of Topliss-reactive ketones (excluding diaryl/α,β-unsaturated/α-hetero) is 1. The minimum atomic E-state index is -0.703. The molecule has 1 aromatic heterocycles. The Labute approximate surface area is 175 Å². The van der Waals surface area contributed by atoms with Crippen molar-refractivity contribution in [3.05, 3.63) is 71.0 Å². The van der Waals surface area contributed by atoms with Crippen LogP contribution < -0.4 is 14.8 Å². The number of aryl methyl sites for hydroxylation is 1.